The molecule has 1 N–H and O–H groups in total. The van der Waals surface area contributed by atoms with Crippen LogP contribution in [0.5, 0.6) is 0 Å². The van der Waals surface area contributed by atoms with E-state index in [-0.39, 0.29) is 11.9 Å². The highest BCUT2D eigenvalue weighted by molar-refractivity contribution is 5.75. The third-order valence-corrected chi connectivity index (χ3v) is 4.11. The first kappa shape index (κ1) is 17.0. The van der Waals surface area contributed by atoms with Gasteiger partial charge in [0.1, 0.15) is 0 Å². The van der Waals surface area contributed by atoms with E-state index in [1.807, 2.05) is 6.07 Å². The van der Waals surface area contributed by atoms with Gasteiger partial charge < -0.3 is 10.1 Å². The molecule has 22 heavy (non-hydrogen) atoms. The Labute approximate surface area is 133 Å². The number of carbonyl (C=O) groups is 1. The zero-order chi connectivity index (χ0) is 15.8. The lowest BCUT2D eigenvalue weighted by Crippen LogP contribution is -2.43. The molecule has 0 aromatic heterocycles. The predicted molar refractivity (Wildman–Crippen MR) is 88.7 cm³/mol. The molecule has 1 aliphatic heterocycles. The average Bonchev–Trinajstić information content (AvgIpc) is 2.55. The Morgan fingerprint density at radius 3 is 2.55 bits per heavy atom. The summed E-state index contributed by atoms with van der Waals surface area (Å²) in [5, 5.41) is 3.11. The summed E-state index contributed by atoms with van der Waals surface area (Å²) < 4.78 is 5.45. The van der Waals surface area contributed by atoms with Crippen LogP contribution >= 0.6 is 0 Å². The summed E-state index contributed by atoms with van der Waals surface area (Å²) >= 11 is 0. The molecule has 1 amide bonds. The van der Waals surface area contributed by atoms with E-state index >= 15 is 0 Å². The molecule has 1 saturated heterocycles. The van der Waals surface area contributed by atoms with E-state index in [4.69, 9.17) is 4.74 Å². The van der Waals surface area contributed by atoms with Crippen LogP contribution in [0.4, 0.5) is 0 Å². The fourth-order valence-electron chi connectivity index (χ4n) is 2.74. The van der Waals surface area contributed by atoms with Crippen LogP contribution < -0.4 is 5.32 Å². The van der Waals surface area contributed by atoms with Crippen molar-refractivity contribution in [3.63, 3.8) is 0 Å². The van der Waals surface area contributed by atoms with Gasteiger partial charge in [-0.15, -0.1) is 0 Å². The first-order chi connectivity index (χ1) is 10.7. The van der Waals surface area contributed by atoms with Gasteiger partial charge in [0.2, 0.25) is 5.91 Å². The summed E-state index contributed by atoms with van der Waals surface area (Å²) in [6.07, 6.45) is 1.56. The van der Waals surface area contributed by atoms with Crippen LogP contribution in [0.3, 0.4) is 0 Å². The maximum absolute atomic E-state index is 12.0. The van der Waals surface area contributed by atoms with Crippen molar-refractivity contribution >= 4 is 5.91 Å². The van der Waals surface area contributed by atoms with E-state index in [1.54, 1.807) is 0 Å². The molecular formula is C18H28N2O2. The van der Waals surface area contributed by atoms with E-state index in [1.165, 1.54) is 5.56 Å². The van der Waals surface area contributed by atoms with Crippen molar-refractivity contribution in [3.05, 3.63) is 35.9 Å². The Morgan fingerprint density at radius 1 is 1.23 bits per heavy atom. The minimum absolute atomic E-state index is 0.155. The lowest BCUT2D eigenvalue weighted by Gasteiger charge is -2.35. The third kappa shape index (κ3) is 5.43. The number of nitrogens with zero attached hydrogens (tertiary/aromatic N) is 1. The summed E-state index contributed by atoms with van der Waals surface area (Å²) in [5.41, 5.74) is 1.26. The predicted octanol–water partition coefficient (Wildman–Crippen LogP) is 2.61. The topological polar surface area (TPSA) is 41.6 Å². The van der Waals surface area contributed by atoms with Gasteiger partial charge in [-0.05, 0) is 17.9 Å². The molecule has 4 heteroatoms. The smallest absolute Gasteiger partial charge is 0.220 e. The highest BCUT2D eigenvalue weighted by atomic mass is 16.5. The fourth-order valence-corrected chi connectivity index (χ4v) is 2.74. The highest BCUT2D eigenvalue weighted by Gasteiger charge is 2.22. The van der Waals surface area contributed by atoms with Crippen molar-refractivity contribution < 1.29 is 9.53 Å². The van der Waals surface area contributed by atoms with Gasteiger partial charge in [-0.2, -0.15) is 0 Å². The van der Waals surface area contributed by atoms with Crippen molar-refractivity contribution in [2.24, 2.45) is 5.92 Å². The normalized spacial score (nSPS) is 17.4. The number of carbonyl (C=O) groups excluding carboxylic acids is 1. The summed E-state index contributed by atoms with van der Waals surface area (Å²) in [7, 11) is 0. The molecule has 0 bridgehead atoms. The molecule has 122 valence electrons. The van der Waals surface area contributed by atoms with E-state index in [0.717, 1.165) is 32.7 Å². The minimum atomic E-state index is 0.155. The molecule has 1 fully saturated rings. The Balaban J connectivity index is 1.94. The standard InChI is InChI=1S/C18H28N2O2/c1-15(2)8-9-18(21)19-14-17(16-6-4-3-5-7-16)20-10-12-22-13-11-20/h3-7,15,17H,8-14H2,1-2H3,(H,19,21). The van der Waals surface area contributed by atoms with E-state index in [9.17, 15) is 4.79 Å². The molecule has 1 aliphatic rings. The van der Waals surface area contributed by atoms with E-state index < -0.39 is 0 Å². The molecule has 1 unspecified atom stereocenters. The maximum Gasteiger partial charge on any atom is 0.220 e. The lowest BCUT2D eigenvalue weighted by molar-refractivity contribution is -0.121. The second-order valence-corrected chi connectivity index (χ2v) is 6.31. The van der Waals surface area contributed by atoms with Crippen LogP contribution in [0.15, 0.2) is 30.3 Å². The average molecular weight is 304 g/mol. The molecular weight excluding hydrogens is 276 g/mol. The van der Waals surface area contributed by atoms with Gasteiger partial charge in [0.15, 0.2) is 0 Å². The third-order valence-electron chi connectivity index (χ3n) is 4.11. The van der Waals surface area contributed by atoms with Crippen molar-refractivity contribution in [2.75, 3.05) is 32.8 Å². The van der Waals surface area contributed by atoms with Crippen LogP contribution in [0.1, 0.15) is 38.3 Å². The molecule has 4 nitrogen and oxygen atoms in total. The van der Waals surface area contributed by atoms with Crippen LogP contribution in [-0.2, 0) is 9.53 Å². The number of hydrogen-bond donors (Lipinski definition) is 1. The van der Waals surface area contributed by atoms with Crippen LogP contribution in [0, 0.1) is 5.92 Å². The number of ether oxygens (including phenoxy) is 1. The molecule has 0 aliphatic carbocycles. The zero-order valence-electron chi connectivity index (χ0n) is 13.8. The summed E-state index contributed by atoms with van der Waals surface area (Å²) in [4.78, 5) is 14.4. The Kier molecular flexibility index (Phi) is 6.87. The van der Waals surface area contributed by atoms with Gasteiger partial charge in [0, 0.05) is 26.1 Å². The van der Waals surface area contributed by atoms with Crippen molar-refractivity contribution in [3.8, 4) is 0 Å². The quantitative estimate of drug-likeness (QED) is 0.842. The molecule has 1 aromatic rings. The zero-order valence-corrected chi connectivity index (χ0v) is 13.8. The van der Waals surface area contributed by atoms with Gasteiger partial charge in [-0.25, -0.2) is 0 Å². The van der Waals surface area contributed by atoms with Crippen molar-refractivity contribution in [1.29, 1.82) is 0 Å². The second kappa shape index (κ2) is 8.91. The monoisotopic (exact) mass is 304 g/mol. The Morgan fingerprint density at radius 2 is 1.91 bits per heavy atom. The Bertz CT molecular complexity index is 442. The second-order valence-electron chi connectivity index (χ2n) is 6.31. The van der Waals surface area contributed by atoms with Crippen LogP contribution in [-0.4, -0.2) is 43.7 Å². The summed E-state index contributed by atoms with van der Waals surface area (Å²) in [6, 6.07) is 10.7. The first-order valence-electron chi connectivity index (χ1n) is 8.30. The van der Waals surface area contributed by atoms with Gasteiger partial charge in [-0.1, -0.05) is 44.2 Å². The van der Waals surface area contributed by atoms with Gasteiger partial charge in [0.05, 0.1) is 19.3 Å². The number of morpholine rings is 1. The number of rotatable bonds is 7. The largest absolute Gasteiger partial charge is 0.379 e. The fraction of sp³-hybridized carbons (Fsp3) is 0.611. The maximum atomic E-state index is 12.0. The lowest BCUT2D eigenvalue weighted by atomic mass is 10.0. The van der Waals surface area contributed by atoms with Gasteiger partial charge in [0.25, 0.3) is 0 Å². The number of benzene rings is 1. The highest BCUT2D eigenvalue weighted by Crippen LogP contribution is 2.21. The molecule has 0 saturated carbocycles. The summed E-state index contributed by atoms with van der Waals surface area (Å²) in [5.74, 6) is 0.720. The molecule has 1 atom stereocenters. The van der Waals surface area contributed by atoms with Crippen LogP contribution in [0.2, 0.25) is 0 Å². The number of nitrogens with one attached hydrogen (secondary N) is 1. The van der Waals surface area contributed by atoms with Gasteiger partial charge >= 0.3 is 0 Å². The molecule has 2 rings (SSSR count). The number of amides is 1. The Hall–Kier alpha value is -1.39. The minimum Gasteiger partial charge on any atom is -0.379 e. The SMILES string of the molecule is CC(C)CCC(=O)NCC(c1ccccc1)N1CCOCC1. The van der Waals surface area contributed by atoms with Crippen molar-refractivity contribution in [1.82, 2.24) is 10.2 Å². The van der Waals surface area contributed by atoms with Gasteiger partial charge in [-0.3, -0.25) is 9.69 Å². The molecule has 0 spiro atoms. The summed E-state index contributed by atoms with van der Waals surface area (Å²) in [6.45, 7) is 8.33. The number of hydrogen-bond acceptors (Lipinski definition) is 3. The van der Waals surface area contributed by atoms with Crippen molar-refractivity contribution in [2.45, 2.75) is 32.7 Å². The van der Waals surface area contributed by atoms with E-state index in [0.29, 0.717) is 18.9 Å². The molecule has 0 radical (unpaired) electrons. The first-order valence-corrected chi connectivity index (χ1v) is 8.30. The molecule has 1 heterocycles. The molecule has 1 aromatic carbocycles. The van der Waals surface area contributed by atoms with E-state index in [2.05, 4.69) is 48.3 Å². The van der Waals surface area contributed by atoms with Crippen LogP contribution in [0.25, 0.3) is 0 Å².